The third-order valence-electron chi connectivity index (χ3n) is 2.40. The van der Waals surface area contributed by atoms with Crippen molar-refractivity contribution < 1.29 is 0 Å². The minimum absolute atomic E-state index is 0.610. The molecule has 2 aromatic carbocycles. The Bertz CT molecular complexity index is 500. The molecule has 0 unspecified atom stereocenters. The summed E-state index contributed by atoms with van der Waals surface area (Å²) in [7, 11) is 0. The van der Waals surface area contributed by atoms with Crippen molar-refractivity contribution in [2.24, 2.45) is 0 Å². The lowest BCUT2D eigenvalue weighted by atomic mass is 10.1. The fourth-order valence-electron chi connectivity index (χ4n) is 1.56. The molecule has 0 atom stereocenters. The maximum atomic E-state index is 6.10. The Kier molecular flexibility index (Phi) is 4.22. The van der Waals surface area contributed by atoms with Crippen molar-refractivity contribution in [2.75, 3.05) is 0 Å². The Balaban J connectivity index is 2.37. The van der Waals surface area contributed by atoms with Gasteiger partial charge in [-0.3, -0.25) is 0 Å². The summed E-state index contributed by atoms with van der Waals surface area (Å²) >= 11 is 24.1. The average molecular weight is 306 g/mol. The minimum Gasteiger partial charge on any atom is -0.0843 e. The standard InChI is InChI=1S/C13H8Cl4/c14-10-1-3-12(16)8(6-10)5-9-7-11(15)2-4-13(9)17/h1-4,6-7H,5H2. The van der Waals surface area contributed by atoms with E-state index in [4.69, 9.17) is 46.4 Å². The fourth-order valence-corrected chi connectivity index (χ4v) is 2.32. The van der Waals surface area contributed by atoms with Crippen molar-refractivity contribution in [1.29, 1.82) is 0 Å². The first-order valence-electron chi connectivity index (χ1n) is 4.94. The van der Waals surface area contributed by atoms with E-state index in [1.54, 1.807) is 24.3 Å². The van der Waals surface area contributed by atoms with E-state index in [1.165, 1.54) is 0 Å². The highest BCUT2D eigenvalue weighted by atomic mass is 35.5. The molecule has 0 aromatic heterocycles. The van der Waals surface area contributed by atoms with Crippen LogP contribution in [-0.2, 0) is 6.42 Å². The van der Waals surface area contributed by atoms with Crippen molar-refractivity contribution in [3.8, 4) is 0 Å². The molecule has 0 bridgehead atoms. The van der Waals surface area contributed by atoms with Crippen LogP contribution in [0.4, 0.5) is 0 Å². The van der Waals surface area contributed by atoms with Gasteiger partial charge in [0.1, 0.15) is 0 Å². The second-order valence-electron chi connectivity index (χ2n) is 3.65. The summed E-state index contributed by atoms with van der Waals surface area (Å²) < 4.78 is 0. The molecule has 2 rings (SSSR count). The maximum Gasteiger partial charge on any atom is 0.0442 e. The van der Waals surface area contributed by atoms with Crippen molar-refractivity contribution in [1.82, 2.24) is 0 Å². The summed E-state index contributed by atoms with van der Waals surface area (Å²) in [5, 5.41) is 2.65. The van der Waals surface area contributed by atoms with Gasteiger partial charge >= 0.3 is 0 Å². The Morgan fingerprint density at radius 1 is 0.647 bits per heavy atom. The Labute approximate surface area is 120 Å². The van der Waals surface area contributed by atoms with Crippen LogP contribution in [0.15, 0.2) is 36.4 Å². The molecule has 0 radical (unpaired) electrons. The van der Waals surface area contributed by atoms with Crippen molar-refractivity contribution in [3.05, 3.63) is 67.6 Å². The molecular weight excluding hydrogens is 298 g/mol. The van der Waals surface area contributed by atoms with Gasteiger partial charge in [0, 0.05) is 26.5 Å². The quantitative estimate of drug-likeness (QED) is 0.649. The Morgan fingerprint density at radius 3 is 1.47 bits per heavy atom. The van der Waals surface area contributed by atoms with Crippen LogP contribution >= 0.6 is 46.4 Å². The van der Waals surface area contributed by atoms with Crippen LogP contribution < -0.4 is 0 Å². The highest BCUT2D eigenvalue weighted by molar-refractivity contribution is 6.34. The van der Waals surface area contributed by atoms with Crippen LogP contribution in [0.3, 0.4) is 0 Å². The van der Waals surface area contributed by atoms with Crippen LogP contribution in [0.25, 0.3) is 0 Å². The Morgan fingerprint density at radius 2 is 1.06 bits per heavy atom. The molecule has 0 saturated carbocycles. The molecule has 4 heteroatoms. The van der Waals surface area contributed by atoms with Gasteiger partial charge in [0.15, 0.2) is 0 Å². The zero-order chi connectivity index (χ0) is 12.4. The lowest BCUT2D eigenvalue weighted by Crippen LogP contribution is -1.91. The predicted octanol–water partition coefficient (Wildman–Crippen LogP) is 5.89. The van der Waals surface area contributed by atoms with Gasteiger partial charge in [0.05, 0.1) is 0 Å². The zero-order valence-corrected chi connectivity index (χ0v) is 11.7. The van der Waals surface area contributed by atoms with Gasteiger partial charge < -0.3 is 0 Å². The average Bonchev–Trinajstić information content (AvgIpc) is 2.28. The highest BCUT2D eigenvalue weighted by Gasteiger charge is 2.06. The number of rotatable bonds is 2. The molecule has 0 spiro atoms. The van der Waals surface area contributed by atoms with Gasteiger partial charge in [-0.1, -0.05) is 46.4 Å². The molecular formula is C13H8Cl4. The van der Waals surface area contributed by atoms with E-state index >= 15 is 0 Å². The maximum absolute atomic E-state index is 6.10. The summed E-state index contributed by atoms with van der Waals surface area (Å²) in [6.07, 6.45) is 0.610. The summed E-state index contributed by atoms with van der Waals surface area (Å²) in [6, 6.07) is 10.7. The molecule has 88 valence electrons. The van der Waals surface area contributed by atoms with Crippen LogP contribution in [0.2, 0.25) is 20.1 Å². The lowest BCUT2D eigenvalue weighted by molar-refractivity contribution is 1.19. The van der Waals surface area contributed by atoms with E-state index in [0.29, 0.717) is 26.5 Å². The third kappa shape index (κ3) is 3.29. The monoisotopic (exact) mass is 304 g/mol. The van der Waals surface area contributed by atoms with Crippen LogP contribution in [-0.4, -0.2) is 0 Å². The summed E-state index contributed by atoms with van der Waals surface area (Å²) in [6.45, 7) is 0. The van der Waals surface area contributed by atoms with Gasteiger partial charge in [0.25, 0.3) is 0 Å². The van der Waals surface area contributed by atoms with E-state index in [2.05, 4.69) is 0 Å². The van der Waals surface area contributed by atoms with Crippen LogP contribution in [0.1, 0.15) is 11.1 Å². The Hall–Kier alpha value is -0.400. The first-order valence-corrected chi connectivity index (χ1v) is 6.45. The van der Waals surface area contributed by atoms with E-state index < -0.39 is 0 Å². The number of benzene rings is 2. The summed E-state index contributed by atoms with van der Waals surface area (Å²) in [5.41, 5.74) is 1.87. The van der Waals surface area contributed by atoms with Gasteiger partial charge in [-0.15, -0.1) is 0 Å². The minimum atomic E-state index is 0.610. The van der Waals surface area contributed by atoms with E-state index in [9.17, 15) is 0 Å². The van der Waals surface area contributed by atoms with E-state index in [0.717, 1.165) is 11.1 Å². The topological polar surface area (TPSA) is 0 Å². The first-order chi connectivity index (χ1) is 8.06. The molecule has 0 aliphatic heterocycles. The van der Waals surface area contributed by atoms with E-state index in [-0.39, 0.29) is 0 Å². The molecule has 2 aromatic rings. The number of hydrogen-bond acceptors (Lipinski definition) is 0. The van der Waals surface area contributed by atoms with E-state index in [1.807, 2.05) is 12.1 Å². The fraction of sp³-hybridized carbons (Fsp3) is 0.0769. The predicted molar refractivity (Wildman–Crippen MR) is 75.7 cm³/mol. The zero-order valence-electron chi connectivity index (χ0n) is 8.68. The summed E-state index contributed by atoms with van der Waals surface area (Å²) in [4.78, 5) is 0. The normalized spacial score (nSPS) is 10.6. The molecule has 0 heterocycles. The number of halogens is 4. The van der Waals surface area contributed by atoms with Gasteiger partial charge in [-0.2, -0.15) is 0 Å². The first kappa shape index (κ1) is 13.0. The van der Waals surface area contributed by atoms with Crippen molar-refractivity contribution >= 4 is 46.4 Å². The largest absolute Gasteiger partial charge is 0.0843 e. The second kappa shape index (κ2) is 5.49. The van der Waals surface area contributed by atoms with Gasteiger partial charge in [-0.05, 0) is 47.5 Å². The number of hydrogen-bond donors (Lipinski definition) is 0. The molecule has 0 nitrogen and oxygen atoms in total. The second-order valence-corrected chi connectivity index (χ2v) is 5.34. The molecule has 0 saturated heterocycles. The lowest BCUT2D eigenvalue weighted by Gasteiger charge is -2.07. The van der Waals surface area contributed by atoms with Gasteiger partial charge in [0.2, 0.25) is 0 Å². The SMILES string of the molecule is Clc1ccc(Cl)c(Cc2cc(Cl)ccc2Cl)c1. The highest BCUT2D eigenvalue weighted by Crippen LogP contribution is 2.27. The van der Waals surface area contributed by atoms with Crippen molar-refractivity contribution in [3.63, 3.8) is 0 Å². The molecule has 0 N–H and O–H groups in total. The smallest absolute Gasteiger partial charge is 0.0442 e. The summed E-state index contributed by atoms with van der Waals surface area (Å²) in [5.74, 6) is 0. The molecule has 0 aliphatic carbocycles. The molecule has 0 amide bonds. The third-order valence-corrected chi connectivity index (χ3v) is 3.60. The van der Waals surface area contributed by atoms with Crippen LogP contribution in [0.5, 0.6) is 0 Å². The van der Waals surface area contributed by atoms with Crippen LogP contribution in [0, 0.1) is 0 Å². The molecule has 17 heavy (non-hydrogen) atoms. The molecule has 0 fully saturated rings. The molecule has 0 aliphatic rings. The van der Waals surface area contributed by atoms with Crippen molar-refractivity contribution in [2.45, 2.75) is 6.42 Å². The van der Waals surface area contributed by atoms with Gasteiger partial charge in [-0.25, -0.2) is 0 Å².